The van der Waals surface area contributed by atoms with Crippen molar-refractivity contribution in [2.24, 2.45) is 0 Å². The Morgan fingerprint density at radius 2 is 1.96 bits per heavy atom. The highest BCUT2D eigenvalue weighted by Crippen LogP contribution is 2.25. The maximum atomic E-state index is 12.8. The average molecular weight is 328 g/mol. The molecule has 1 amide bonds. The third kappa shape index (κ3) is 3.06. The first-order valence-corrected chi connectivity index (χ1v) is 8.89. The summed E-state index contributed by atoms with van der Waals surface area (Å²) in [5, 5.41) is 1.22. The van der Waals surface area contributed by atoms with Gasteiger partial charge in [0.1, 0.15) is 0 Å². The van der Waals surface area contributed by atoms with Gasteiger partial charge in [-0.15, -0.1) is 0 Å². The first-order valence-electron chi connectivity index (χ1n) is 8.89. The molecule has 24 heavy (non-hydrogen) atoms. The summed E-state index contributed by atoms with van der Waals surface area (Å²) in [7, 11) is 0. The van der Waals surface area contributed by atoms with Crippen LogP contribution in [0.25, 0.3) is 10.9 Å². The molecule has 1 aromatic carbocycles. The molecule has 2 saturated heterocycles. The third-order valence-electron chi connectivity index (χ3n) is 5.08. The summed E-state index contributed by atoms with van der Waals surface area (Å²) >= 11 is 0. The van der Waals surface area contributed by atoms with Crippen LogP contribution in [0, 0.1) is 0 Å². The van der Waals surface area contributed by atoms with E-state index in [1.54, 1.807) is 0 Å². The van der Waals surface area contributed by atoms with Crippen LogP contribution in [-0.2, 0) is 20.8 Å². The fraction of sp³-hybridized carbons (Fsp3) is 0.526. The summed E-state index contributed by atoms with van der Waals surface area (Å²) in [5.74, 6) is 0.205. The van der Waals surface area contributed by atoms with Crippen molar-refractivity contribution in [2.45, 2.75) is 44.6 Å². The van der Waals surface area contributed by atoms with Gasteiger partial charge in [0.25, 0.3) is 0 Å². The zero-order valence-electron chi connectivity index (χ0n) is 13.9. The van der Waals surface area contributed by atoms with Gasteiger partial charge < -0.3 is 18.9 Å². The van der Waals surface area contributed by atoms with E-state index in [1.165, 1.54) is 10.9 Å². The van der Waals surface area contributed by atoms with Gasteiger partial charge in [-0.25, -0.2) is 0 Å². The molecule has 128 valence electrons. The number of likely N-dealkylation sites (tertiary alicyclic amines) is 1. The minimum atomic E-state index is -0.235. The van der Waals surface area contributed by atoms with Crippen molar-refractivity contribution >= 4 is 16.8 Å². The van der Waals surface area contributed by atoms with Gasteiger partial charge in [-0.05, 0) is 36.8 Å². The van der Waals surface area contributed by atoms with E-state index in [-0.39, 0.29) is 18.2 Å². The molecule has 1 atom stereocenters. The fourth-order valence-corrected chi connectivity index (χ4v) is 3.84. The summed E-state index contributed by atoms with van der Waals surface area (Å²) in [6.45, 7) is 2.80. The predicted molar refractivity (Wildman–Crippen MR) is 91.6 cm³/mol. The molecular formula is C19H24N2O3. The summed E-state index contributed by atoms with van der Waals surface area (Å²) in [5.41, 5.74) is 1.18. The second-order valence-corrected chi connectivity index (χ2v) is 6.58. The number of nitrogens with zero attached hydrogens (tertiary/aromatic N) is 2. The van der Waals surface area contributed by atoms with E-state index in [0.717, 1.165) is 25.8 Å². The van der Waals surface area contributed by atoms with Crippen LogP contribution >= 0.6 is 0 Å². The minimum Gasteiger partial charge on any atom is -0.348 e. The lowest BCUT2D eigenvalue weighted by Crippen LogP contribution is -2.50. The standard InChI is InChI=1S/C19H24N2O3/c22-18(9-12-20-11-8-15-5-1-2-6-16(15)20)21-10-4-3-7-17(21)19-23-13-14-24-19/h1-2,5-6,8,11,17,19H,3-4,7,9-10,12-14H2/t17-/m1/s1. The number of piperidine rings is 1. The van der Waals surface area contributed by atoms with Crippen molar-refractivity contribution in [1.82, 2.24) is 9.47 Å². The molecule has 0 spiro atoms. The molecule has 2 aromatic rings. The summed E-state index contributed by atoms with van der Waals surface area (Å²) in [4.78, 5) is 14.8. The Morgan fingerprint density at radius 3 is 2.83 bits per heavy atom. The lowest BCUT2D eigenvalue weighted by Gasteiger charge is -2.38. The number of rotatable bonds is 4. The molecule has 0 radical (unpaired) electrons. The number of aryl methyl sites for hydroxylation is 1. The van der Waals surface area contributed by atoms with E-state index in [4.69, 9.17) is 9.47 Å². The van der Waals surface area contributed by atoms with E-state index in [2.05, 4.69) is 29.0 Å². The van der Waals surface area contributed by atoms with Crippen LogP contribution in [0.2, 0.25) is 0 Å². The van der Waals surface area contributed by atoms with Crippen molar-refractivity contribution in [1.29, 1.82) is 0 Å². The number of para-hydroxylation sites is 1. The van der Waals surface area contributed by atoms with Crippen molar-refractivity contribution in [3.8, 4) is 0 Å². The maximum absolute atomic E-state index is 12.8. The van der Waals surface area contributed by atoms with E-state index in [0.29, 0.717) is 26.2 Å². The van der Waals surface area contributed by atoms with Crippen LogP contribution in [-0.4, -0.2) is 47.5 Å². The van der Waals surface area contributed by atoms with Gasteiger partial charge in [-0.1, -0.05) is 18.2 Å². The smallest absolute Gasteiger partial charge is 0.224 e. The van der Waals surface area contributed by atoms with Gasteiger partial charge in [0.2, 0.25) is 5.91 Å². The second-order valence-electron chi connectivity index (χ2n) is 6.58. The first-order chi connectivity index (χ1) is 11.8. The van der Waals surface area contributed by atoms with Crippen LogP contribution in [0.4, 0.5) is 0 Å². The number of hydrogen-bond acceptors (Lipinski definition) is 3. The van der Waals surface area contributed by atoms with Gasteiger partial charge >= 0.3 is 0 Å². The lowest BCUT2D eigenvalue weighted by atomic mass is 10.0. The van der Waals surface area contributed by atoms with Gasteiger partial charge in [0.15, 0.2) is 6.29 Å². The molecular weight excluding hydrogens is 304 g/mol. The molecule has 3 heterocycles. The summed E-state index contributed by atoms with van der Waals surface area (Å²) in [6, 6.07) is 10.5. The Morgan fingerprint density at radius 1 is 1.12 bits per heavy atom. The molecule has 4 rings (SSSR count). The fourth-order valence-electron chi connectivity index (χ4n) is 3.84. The molecule has 1 aromatic heterocycles. The zero-order chi connectivity index (χ0) is 16.4. The highest BCUT2D eigenvalue weighted by molar-refractivity contribution is 5.80. The van der Waals surface area contributed by atoms with Crippen molar-refractivity contribution in [2.75, 3.05) is 19.8 Å². The average Bonchev–Trinajstić information content (AvgIpc) is 3.30. The number of fused-ring (bicyclic) bond motifs is 1. The topological polar surface area (TPSA) is 43.7 Å². The number of aromatic nitrogens is 1. The largest absolute Gasteiger partial charge is 0.348 e. The predicted octanol–water partition coefficient (Wildman–Crippen LogP) is 2.79. The molecule has 0 unspecified atom stereocenters. The van der Waals surface area contributed by atoms with Gasteiger partial charge in [0, 0.05) is 31.2 Å². The molecule has 0 N–H and O–H groups in total. The van der Waals surface area contributed by atoms with Crippen molar-refractivity contribution in [3.63, 3.8) is 0 Å². The van der Waals surface area contributed by atoms with Crippen LogP contribution in [0.5, 0.6) is 0 Å². The minimum absolute atomic E-state index is 0.0788. The Bertz CT molecular complexity index is 705. The van der Waals surface area contributed by atoms with Crippen LogP contribution in [0.3, 0.4) is 0 Å². The van der Waals surface area contributed by atoms with Gasteiger partial charge in [0.05, 0.1) is 19.3 Å². The Hall–Kier alpha value is -1.85. The Labute approximate surface area is 142 Å². The summed E-state index contributed by atoms with van der Waals surface area (Å²) < 4.78 is 13.5. The van der Waals surface area contributed by atoms with Crippen LogP contribution in [0.1, 0.15) is 25.7 Å². The number of ether oxygens (including phenoxy) is 2. The third-order valence-corrected chi connectivity index (χ3v) is 5.08. The number of hydrogen-bond donors (Lipinski definition) is 0. The monoisotopic (exact) mass is 328 g/mol. The number of carbonyl (C=O) groups excluding carboxylic acids is 1. The van der Waals surface area contributed by atoms with Gasteiger partial charge in [-0.3, -0.25) is 4.79 Å². The SMILES string of the molecule is O=C(CCn1ccc2ccccc21)N1CCCC[C@@H]1C1OCCO1. The molecule has 2 fully saturated rings. The quantitative estimate of drug-likeness (QED) is 0.867. The van der Waals surface area contributed by atoms with E-state index < -0.39 is 0 Å². The summed E-state index contributed by atoms with van der Waals surface area (Å²) in [6.07, 6.45) is 5.53. The first kappa shape index (κ1) is 15.7. The van der Waals surface area contributed by atoms with E-state index in [1.807, 2.05) is 17.0 Å². The zero-order valence-corrected chi connectivity index (χ0v) is 13.9. The molecule has 5 nitrogen and oxygen atoms in total. The van der Waals surface area contributed by atoms with Crippen LogP contribution < -0.4 is 0 Å². The molecule has 0 saturated carbocycles. The van der Waals surface area contributed by atoms with Crippen molar-refractivity contribution < 1.29 is 14.3 Å². The molecule has 0 aliphatic carbocycles. The molecule has 2 aliphatic heterocycles. The normalized spacial score (nSPS) is 22.3. The Kier molecular flexibility index (Phi) is 4.54. The highest BCUT2D eigenvalue weighted by atomic mass is 16.7. The maximum Gasteiger partial charge on any atom is 0.224 e. The lowest BCUT2D eigenvalue weighted by molar-refractivity contribution is -0.150. The van der Waals surface area contributed by atoms with E-state index >= 15 is 0 Å². The second kappa shape index (κ2) is 6.95. The number of carbonyl (C=O) groups is 1. The Balaban J connectivity index is 1.42. The van der Waals surface area contributed by atoms with Crippen LogP contribution in [0.15, 0.2) is 36.5 Å². The van der Waals surface area contributed by atoms with Gasteiger partial charge in [-0.2, -0.15) is 0 Å². The molecule has 0 bridgehead atoms. The molecule has 2 aliphatic rings. The number of benzene rings is 1. The highest BCUT2D eigenvalue weighted by Gasteiger charge is 2.35. The number of amides is 1. The van der Waals surface area contributed by atoms with E-state index in [9.17, 15) is 4.79 Å². The molecule has 5 heteroatoms. The van der Waals surface area contributed by atoms with Crippen molar-refractivity contribution in [3.05, 3.63) is 36.5 Å².